The van der Waals surface area contributed by atoms with Crippen LogP contribution in [0.3, 0.4) is 0 Å². The molecule has 0 spiro atoms. The van der Waals surface area contributed by atoms with Gasteiger partial charge in [-0.3, -0.25) is 9.59 Å². The highest BCUT2D eigenvalue weighted by Crippen LogP contribution is 2.33. The van der Waals surface area contributed by atoms with Gasteiger partial charge in [0.1, 0.15) is 0 Å². The summed E-state index contributed by atoms with van der Waals surface area (Å²) in [7, 11) is -2.05. The number of fused-ring (bicyclic) bond motifs is 1. The fourth-order valence-corrected chi connectivity index (χ4v) is 4.82. The van der Waals surface area contributed by atoms with Gasteiger partial charge in [0.2, 0.25) is 21.8 Å². The molecule has 1 atom stereocenters. The van der Waals surface area contributed by atoms with Gasteiger partial charge in [0.15, 0.2) is 0 Å². The number of amides is 2. The van der Waals surface area contributed by atoms with E-state index in [0.29, 0.717) is 5.69 Å². The molecule has 7 nitrogen and oxygen atoms in total. The number of hydrogen-bond acceptors (Lipinski definition) is 4. The minimum Gasteiger partial charge on any atom is -0.326 e. The summed E-state index contributed by atoms with van der Waals surface area (Å²) in [6.45, 7) is 5.07. The number of nitrogens with zero attached hydrogens (tertiary/aromatic N) is 2. The van der Waals surface area contributed by atoms with Gasteiger partial charge in [0.25, 0.3) is 0 Å². The third-order valence-electron chi connectivity index (χ3n) is 5.39. The van der Waals surface area contributed by atoms with E-state index in [4.69, 9.17) is 0 Å². The molecule has 2 aromatic rings. The summed E-state index contributed by atoms with van der Waals surface area (Å²) in [6.07, 6.45) is 3.64. The van der Waals surface area contributed by atoms with E-state index in [0.717, 1.165) is 11.1 Å². The van der Waals surface area contributed by atoms with Crippen LogP contribution in [0.2, 0.25) is 0 Å². The fourth-order valence-electron chi connectivity index (χ4n) is 3.45. The lowest BCUT2D eigenvalue weighted by molar-refractivity contribution is -0.129. The Morgan fingerprint density at radius 2 is 1.74 bits per heavy atom. The molecule has 164 valence electrons. The first-order valence-corrected chi connectivity index (χ1v) is 11.5. The third kappa shape index (κ3) is 4.86. The molecule has 1 heterocycles. The van der Waals surface area contributed by atoms with Gasteiger partial charge in [0, 0.05) is 31.9 Å². The lowest BCUT2D eigenvalue weighted by atomic mass is 9.93. The van der Waals surface area contributed by atoms with E-state index < -0.39 is 16.1 Å². The van der Waals surface area contributed by atoms with Crippen LogP contribution in [0.4, 0.5) is 5.69 Å². The summed E-state index contributed by atoms with van der Waals surface area (Å²) in [4.78, 5) is 26.5. The molecule has 1 N–H and O–H groups in total. The normalized spacial score (nSPS) is 15.8. The number of rotatable bonds is 6. The molecule has 1 aliphatic heterocycles. The molecule has 0 aromatic heterocycles. The highest BCUT2D eigenvalue weighted by Gasteiger charge is 2.28. The van der Waals surface area contributed by atoms with Crippen LogP contribution in [0.5, 0.6) is 0 Å². The van der Waals surface area contributed by atoms with Gasteiger partial charge in [-0.15, -0.1) is 0 Å². The Balaban J connectivity index is 1.75. The summed E-state index contributed by atoms with van der Waals surface area (Å²) < 4.78 is 26.5. The molecule has 1 aliphatic rings. The Kier molecular flexibility index (Phi) is 6.62. The number of benzene rings is 2. The standard InChI is InChI=1S/C23H27N3O4S/c1-16(2)25(4)31(29,30)20-11-9-19(10-12-20)24-23(28)15-22-21-8-6-5-7-18(21)13-14-26(22)17(3)27/h5-14,16,22H,15H2,1-4H3,(H,24,28). The smallest absolute Gasteiger partial charge is 0.243 e. The summed E-state index contributed by atoms with van der Waals surface area (Å²) in [5.41, 5.74) is 2.38. The molecule has 2 amide bonds. The molecule has 2 aromatic carbocycles. The van der Waals surface area contributed by atoms with Crippen molar-refractivity contribution in [3.63, 3.8) is 0 Å². The molecular formula is C23H27N3O4S. The van der Waals surface area contributed by atoms with Gasteiger partial charge in [-0.1, -0.05) is 24.3 Å². The van der Waals surface area contributed by atoms with Crippen molar-refractivity contribution < 1.29 is 18.0 Å². The quantitative estimate of drug-likeness (QED) is 0.742. The fraction of sp³-hybridized carbons (Fsp3) is 0.304. The van der Waals surface area contributed by atoms with Gasteiger partial charge in [-0.05, 0) is 55.3 Å². The topological polar surface area (TPSA) is 86.8 Å². The lowest BCUT2D eigenvalue weighted by Gasteiger charge is -2.32. The van der Waals surface area contributed by atoms with E-state index in [9.17, 15) is 18.0 Å². The number of sulfonamides is 1. The first-order valence-electron chi connectivity index (χ1n) is 10.0. The molecule has 0 radical (unpaired) electrons. The van der Waals surface area contributed by atoms with Gasteiger partial charge in [-0.2, -0.15) is 4.31 Å². The average Bonchev–Trinajstić information content (AvgIpc) is 2.73. The maximum Gasteiger partial charge on any atom is 0.243 e. The van der Waals surface area contributed by atoms with E-state index >= 15 is 0 Å². The van der Waals surface area contributed by atoms with E-state index in [1.807, 2.05) is 30.3 Å². The molecule has 0 saturated carbocycles. The van der Waals surface area contributed by atoms with Crippen LogP contribution in [0.15, 0.2) is 59.6 Å². The van der Waals surface area contributed by atoms with E-state index in [-0.39, 0.29) is 29.2 Å². The third-order valence-corrected chi connectivity index (χ3v) is 7.44. The first kappa shape index (κ1) is 22.7. The summed E-state index contributed by atoms with van der Waals surface area (Å²) in [5, 5.41) is 2.80. The second-order valence-electron chi connectivity index (χ2n) is 7.78. The molecule has 1 unspecified atom stereocenters. The zero-order valence-corrected chi connectivity index (χ0v) is 18.9. The van der Waals surface area contributed by atoms with Crippen molar-refractivity contribution in [2.24, 2.45) is 0 Å². The Morgan fingerprint density at radius 1 is 1.10 bits per heavy atom. The van der Waals surface area contributed by atoms with Crippen molar-refractivity contribution >= 4 is 33.6 Å². The van der Waals surface area contributed by atoms with Crippen molar-refractivity contribution in [2.75, 3.05) is 12.4 Å². The number of nitrogens with one attached hydrogen (secondary N) is 1. The Labute approximate surface area is 183 Å². The zero-order valence-electron chi connectivity index (χ0n) is 18.1. The monoisotopic (exact) mass is 441 g/mol. The maximum absolute atomic E-state index is 12.7. The van der Waals surface area contributed by atoms with Gasteiger partial charge < -0.3 is 10.2 Å². The molecule has 8 heteroatoms. The van der Waals surface area contributed by atoms with E-state index in [1.54, 1.807) is 37.1 Å². The average molecular weight is 442 g/mol. The molecule has 0 saturated heterocycles. The number of carbonyl (C=O) groups is 2. The molecule has 31 heavy (non-hydrogen) atoms. The van der Waals surface area contributed by atoms with Crippen LogP contribution in [0, 0.1) is 0 Å². The summed E-state index contributed by atoms with van der Waals surface area (Å²) in [5.74, 6) is -0.413. The van der Waals surface area contributed by atoms with E-state index in [1.165, 1.54) is 30.4 Å². The van der Waals surface area contributed by atoms with E-state index in [2.05, 4.69) is 5.32 Å². The summed E-state index contributed by atoms with van der Waals surface area (Å²) >= 11 is 0. The Hall–Kier alpha value is -2.97. The molecule has 0 aliphatic carbocycles. The van der Waals surface area contributed by atoms with Crippen molar-refractivity contribution in [1.82, 2.24) is 9.21 Å². The zero-order chi connectivity index (χ0) is 22.8. The second kappa shape index (κ2) is 9.03. The minimum absolute atomic E-state index is 0.0804. The number of anilines is 1. The highest BCUT2D eigenvalue weighted by atomic mass is 32.2. The largest absolute Gasteiger partial charge is 0.326 e. The molecule has 0 fully saturated rings. The van der Waals surface area contributed by atoms with Crippen LogP contribution in [0.25, 0.3) is 6.08 Å². The number of carbonyl (C=O) groups excluding carboxylic acids is 2. The molecular weight excluding hydrogens is 414 g/mol. The van der Waals surface area contributed by atoms with Crippen molar-refractivity contribution in [3.05, 3.63) is 65.9 Å². The van der Waals surface area contributed by atoms with Crippen LogP contribution in [-0.4, -0.2) is 42.5 Å². The minimum atomic E-state index is -3.59. The van der Waals surface area contributed by atoms with Crippen LogP contribution < -0.4 is 5.32 Å². The van der Waals surface area contributed by atoms with Crippen molar-refractivity contribution in [2.45, 2.75) is 44.2 Å². The van der Waals surface area contributed by atoms with Gasteiger partial charge >= 0.3 is 0 Å². The van der Waals surface area contributed by atoms with Crippen LogP contribution in [0.1, 0.15) is 44.4 Å². The molecule has 0 bridgehead atoms. The highest BCUT2D eigenvalue weighted by molar-refractivity contribution is 7.89. The number of hydrogen-bond donors (Lipinski definition) is 1. The first-order chi connectivity index (χ1) is 14.6. The van der Waals surface area contributed by atoms with Gasteiger partial charge in [0.05, 0.1) is 17.4 Å². The predicted octanol–water partition coefficient (Wildman–Crippen LogP) is 3.62. The predicted molar refractivity (Wildman–Crippen MR) is 121 cm³/mol. The summed E-state index contributed by atoms with van der Waals surface area (Å²) in [6, 6.07) is 13.2. The second-order valence-corrected chi connectivity index (χ2v) is 9.78. The maximum atomic E-state index is 12.7. The lowest BCUT2D eigenvalue weighted by Crippen LogP contribution is -2.33. The van der Waals surface area contributed by atoms with Crippen LogP contribution >= 0.6 is 0 Å². The van der Waals surface area contributed by atoms with Crippen molar-refractivity contribution in [1.29, 1.82) is 0 Å². The Bertz CT molecular complexity index is 1110. The van der Waals surface area contributed by atoms with Crippen molar-refractivity contribution in [3.8, 4) is 0 Å². The molecule has 3 rings (SSSR count). The Morgan fingerprint density at radius 3 is 2.35 bits per heavy atom. The SMILES string of the molecule is CC(=O)N1C=Cc2ccccc2C1CC(=O)Nc1ccc(S(=O)(=O)N(C)C(C)C)cc1. The van der Waals surface area contributed by atoms with Crippen LogP contribution in [-0.2, 0) is 19.6 Å². The van der Waals surface area contributed by atoms with Gasteiger partial charge in [-0.25, -0.2) is 8.42 Å².